The van der Waals surface area contributed by atoms with Gasteiger partial charge in [-0.05, 0) is 18.2 Å². The average Bonchev–Trinajstić information content (AvgIpc) is 2.31. The number of nitrogens with two attached hydrogens (primary N) is 1. The molecule has 5 heteroatoms. The maximum absolute atomic E-state index is 5.66. The quantitative estimate of drug-likeness (QED) is 0.794. The van der Waals surface area contributed by atoms with Gasteiger partial charge in [-0.2, -0.15) is 5.10 Å². The molecule has 0 unspecified atom stereocenters. The van der Waals surface area contributed by atoms with Gasteiger partial charge < -0.3 is 15.2 Å². The Morgan fingerprint density at radius 2 is 2.06 bits per heavy atom. The first-order valence-electron chi connectivity index (χ1n) is 4.68. The van der Waals surface area contributed by atoms with E-state index in [1.165, 1.54) is 0 Å². The van der Waals surface area contributed by atoms with E-state index < -0.39 is 0 Å². The van der Waals surface area contributed by atoms with E-state index in [1.54, 1.807) is 43.6 Å². The predicted octanol–water partition coefficient (Wildman–Crippen LogP) is 1.86. The normalized spacial score (nSPS) is 9.81. The lowest BCUT2D eigenvalue weighted by Crippen LogP contribution is -1.94. The molecule has 1 aromatic heterocycles. The SMILES string of the molecule is COc1ccc(N)cc1Oc1cccnn1. The third-order valence-corrected chi connectivity index (χ3v) is 1.95. The van der Waals surface area contributed by atoms with Gasteiger partial charge in [0.2, 0.25) is 5.88 Å². The minimum atomic E-state index is 0.395. The molecule has 0 spiro atoms. The van der Waals surface area contributed by atoms with Gasteiger partial charge in [0.1, 0.15) is 0 Å². The van der Waals surface area contributed by atoms with Crippen molar-refractivity contribution in [2.24, 2.45) is 0 Å². The lowest BCUT2D eigenvalue weighted by Gasteiger charge is -2.09. The molecule has 0 saturated carbocycles. The number of hydrogen-bond donors (Lipinski definition) is 1. The van der Waals surface area contributed by atoms with E-state index in [2.05, 4.69) is 10.2 Å². The Morgan fingerprint density at radius 3 is 2.75 bits per heavy atom. The van der Waals surface area contributed by atoms with Crippen LogP contribution in [0.4, 0.5) is 5.69 Å². The monoisotopic (exact) mass is 217 g/mol. The Hall–Kier alpha value is -2.30. The van der Waals surface area contributed by atoms with E-state index >= 15 is 0 Å². The predicted molar refractivity (Wildman–Crippen MR) is 59.5 cm³/mol. The standard InChI is InChI=1S/C11H11N3O2/c1-15-9-5-4-8(12)7-10(9)16-11-3-2-6-13-14-11/h2-7H,12H2,1H3. The Labute approximate surface area is 92.8 Å². The number of nitrogens with zero attached hydrogens (tertiary/aromatic N) is 2. The highest BCUT2D eigenvalue weighted by atomic mass is 16.5. The number of aromatic nitrogens is 2. The Bertz CT molecular complexity index is 474. The van der Waals surface area contributed by atoms with Gasteiger partial charge in [0.25, 0.3) is 0 Å². The van der Waals surface area contributed by atoms with E-state index in [-0.39, 0.29) is 0 Å². The second-order valence-electron chi connectivity index (χ2n) is 3.07. The molecule has 2 rings (SSSR count). The molecule has 0 radical (unpaired) electrons. The van der Waals surface area contributed by atoms with Crippen LogP contribution in [-0.4, -0.2) is 17.3 Å². The molecule has 0 fully saturated rings. The van der Waals surface area contributed by atoms with Crippen molar-refractivity contribution in [3.8, 4) is 17.4 Å². The molecule has 0 amide bonds. The molecule has 2 aromatic rings. The van der Waals surface area contributed by atoms with E-state index in [0.29, 0.717) is 23.1 Å². The van der Waals surface area contributed by atoms with Crippen LogP contribution in [0.3, 0.4) is 0 Å². The molecule has 1 aromatic carbocycles. The summed E-state index contributed by atoms with van der Waals surface area (Å²) in [7, 11) is 1.56. The maximum atomic E-state index is 5.66. The summed E-state index contributed by atoms with van der Waals surface area (Å²) in [6.07, 6.45) is 1.57. The number of benzene rings is 1. The fourth-order valence-electron chi connectivity index (χ4n) is 1.23. The second kappa shape index (κ2) is 4.48. The third-order valence-electron chi connectivity index (χ3n) is 1.95. The van der Waals surface area contributed by atoms with Crippen LogP contribution in [0, 0.1) is 0 Å². The number of anilines is 1. The topological polar surface area (TPSA) is 70.3 Å². The van der Waals surface area contributed by atoms with Gasteiger partial charge in [-0.1, -0.05) is 0 Å². The molecule has 0 bridgehead atoms. The molecular formula is C11H11N3O2. The largest absolute Gasteiger partial charge is 0.493 e. The minimum Gasteiger partial charge on any atom is -0.493 e. The summed E-state index contributed by atoms with van der Waals surface area (Å²) in [5.41, 5.74) is 6.26. The number of hydrogen-bond acceptors (Lipinski definition) is 5. The summed E-state index contributed by atoms with van der Waals surface area (Å²) in [5, 5.41) is 7.52. The van der Waals surface area contributed by atoms with Crippen LogP contribution in [0.25, 0.3) is 0 Å². The molecule has 0 aliphatic heterocycles. The number of rotatable bonds is 3. The third kappa shape index (κ3) is 2.20. The molecular weight excluding hydrogens is 206 g/mol. The Morgan fingerprint density at radius 1 is 1.19 bits per heavy atom. The summed E-state index contributed by atoms with van der Waals surface area (Å²) in [6, 6.07) is 8.59. The zero-order valence-corrected chi connectivity index (χ0v) is 8.75. The highest BCUT2D eigenvalue weighted by Crippen LogP contribution is 2.31. The van der Waals surface area contributed by atoms with Crippen molar-refractivity contribution in [1.29, 1.82) is 0 Å². The number of ether oxygens (including phenoxy) is 2. The molecule has 0 aliphatic rings. The van der Waals surface area contributed by atoms with Crippen molar-refractivity contribution < 1.29 is 9.47 Å². The summed E-state index contributed by atoms with van der Waals surface area (Å²) >= 11 is 0. The first-order valence-corrected chi connectivity index (χ1v) is 4.68. The fraction of sp³-hybridized carbons (Fsp3) is 0.0909. The van der Waals surface area contributed by atoms with E-state index in [0.717, 1.165) is 0 Å². The maximum Gasteiger partial charge on any atom is 0.239 e. The van der Waals surface area contributed by atoms with Gasteiger partial charge in [0.05, 0.1) is 7.11 Å². The van der Waals surface area contributed by atoms with Crippen molar-refractivity contribution in [2.45, 2.75) is 0 Å². The van der Waals surface area contributed by atoms with Gasteiger partial charge in [0, 0.05) is 24.0 Å². The van der Waals surface area contributed by atoms with Crippen LogP contribution in [0.2, 0.25) is 0 Å². The van der Waals surface area contributed by atoms with Crippen LogP contribution in [0.15, 0.2) is 36.5 Å². The molecule has 0 aliphatic carbocycles. The molecule has 2 N–H and O–H groups in total. The molecule has 16 heavy (non-hydrogen) atoms. The molecule has 0 atom stereocenters. The van der Waals surface area contributed by atoms with Gasteiger partial charge in [-0.25, -0.2) is 0 Å². The van der Waals surface area contributed by atoms with Gasteiger partial charge in [-0.3, -0.25) is 0 Å². The highest BCUT2D eigenvalue weighted by Gasteiger charge is 2.06. The summed E-state index contributed by atoms with van der Waals surface area (Å²) in [6.45, 7) is 0. The van der Waals surface area contributed by atoms with Crippen molar-refractivity contribution in [3.05, 3.63) is 36.5 Å². The second-order valence-corrected chi connectivity index (χ2v) is 3.07. The first-order chi connectivity index (χ1) is 7.79. The molecule has 5 nitrogen and oxygen atoms in total. The van der Waals surface area contributed by atoms with E-state index in [1.807, 2.05) is 0 Å². The van der Waals surface area contributed by atoms with Crippen LogP contribution in [0.5, 0.6) is 17.4 Å². The van der Waals surface area contributed by atoms with Crippen molar-refractivity contribution in [2.75, 3.05) is 12.8 Å². The average molecular weight is 217 g/mol. The lowest BCUT2D eigenvalue weighted by atomic mass is 10.3. The van der Waals surface area contributed by atoms with Crippen LogP contribution in [-0.2, 0) is 0 Å². The van der Waals surface area contributed by atoms with E-state index in [9.17, 15) is 0 Å². The highest BCUT2D eigenvalue weighted by molar-refractivity contribution is 5.52. The van der Waals surface area contributed by atoms with Crippen molar-refractivity contribution >= 4 is 5.69 Å². The number of nitrogen functional groups attached to an aromatic ring is 1. The van der Waals surface area contributed by atoms with Crippen molar-refractivity contribution in [3.63, 3.8) is 0 Å². The zero-order valence-electron chi connectivity index (χ0n) is 8.75. The first kappa shape index (κ1) is 10.2. The Kier molecular flexibility index (Phi) is 2.86. The van der Waals surface area contributed by atoms with Gasteiger partial charge in [0.15, 0.2) is 11.5 Å². The van der Waals surface area contributed by atoms with Crippen LogP contribution < -0.4 is 15.2 Å². The minimum absolute atomic E-state index is 0.395. The van der Waals surface area contributed by atoms with Gasteiger partial charge in [-0.15, -0.1) is 5.10 Å². The molecule has 0 saturated heterocycles. The van der Waals surface area contributed by atoms with Crippen LogP contribution >= 0.6 is 0 Å². The Balaban J connectivity index is 2.30. The van der Waals surface area contributed by atoms with Gasteiger partial charge >= 0.3 is 0 Å². The summed E-state index contributed by atoms with van der Waals surface area (Å²) in [4.78, 5) is 0. The summed E-state index contributed by atoms with van der Waals surface area (Å²) < 4.78 is 10.6. The zero-order chi connectivity index (χ0) is 11.4. The van der Waals surface area contributed by atoms with Crippen molar-refractivity contribution in [1.82, 2.24) is 10.2 Å². The molecule has 1 heterocycles. The molecule has 82 valence electrons. The number of methoxy groups -OCH3 is 1. The summed E-state index contributed by atoms with van der Waals surface area (Å²) in [5.74, 6) is 1.51. The lowest BCUT2D eigenvalue weighted by molar-refractivity contribution is 0.372. The van der Waals surface area contributed by atoms with E-state index in [4.69, 9.17) is 15.2 Å². The fourth-order valence-corrected chi connectivity index (χ4v) is 1.23. The smallest absolute Gasteiger partial charge is 0.239 e. The van der Waals surface area contributed by atoms with Crippen LogP contribution in [0.1, 0.15) is 0 Å².